The average molecular weight is 180 g/mol. The summed E-state index contributed by atoms with van der Waals surface area (Å²) in [7, 11) is 1.06. The van der Waals surface area contributed by atoms with Crippen molar-refractivity contribution in [1.82, 2.24) is 0 Å². The average Bonchev–Trinajstić information content (AvgIpc) is 2.07. The third-order valence-corrected chi connectivity index (χ3v) is 3.86. The van der Waals surface area contributed by atoms with Crippen LogP contribution >= 0.6 is 0 Å². The SMILES string of the molecule is COC(c1ccccc1)[SiH](C)C. The second kappa shape index (κ2) is 4.43. The van der Waals surface area contributed by atoms with Crippen LogP contribution in [0.15, 0.2) is 30.3 Å². The van der Waals surface area contributed by atoms with Crippen molar-refractivity contribution in [1.29, 1.82) is 0 Å². The molecule has 1 aromatic rings. The lowest BCUT2D eigenvalue weighted by molar-refractivity contribution is 0.163. The van der Waals surface area contributed by atoms with E-state index < -0.39 is 8.80 Å². The first kappa shape index (κ1) is 9.48. The van der Waals surface area contributed by atoms with E-state index in [1.54, 1.807) is 7.11 Å². The topological polar surface area (TPSA) is 9.23 Å². The number of benzene rings is 1. The van der Waals surface area contributed by atoms with Gasteiger partial charge in [-0.2, -0.15) is 0 Å². The first-order valence-electron chi connectivity index (χ1n) is 4.33. The molecule has 0 aliphatic rings. The second-order valence-electron chi connectivity index (χ2n) is 3.31. The monoisotopic (exact) mass is 180 g/mol. The summed E-state index contributed by atoms with van der Waals surface area (Å²) in [4.78, 5) is 0. The van der Waals surface area contributed by atoms with Gasteiger partial charge in [0.05, 0.1) is 14.5 Å². The number of rotatable bonds is 3. The molecule has 1 aromatic carbocycles. The normalized spacial score (nSPS) is 13.3. The van der Waals surface area contributed by atoms with Crippen LogP contribution in [-0.4, -0.2) is 15.9 Å². The minimum absolute atomic E-state index is 0.367. The maximum absolute atomic E-state index is 5.46. The molecule has 0 amide bonds. The predicted molar refractivity (Wildman–Crippen MR) is 55.1 cm³/mol. The van der Waals surface area contributed by atoms with Crippen LogP contribution in [0.4, 0.5) is 0 Å². The number of hydrogen-bond donors (Lipinski definition) is 0. The molecule has 1 atom stereocenters. The molecule has 1 rings (SSSR count). The van der Waals surface area contributed by atoms with Gasteiger partial charge in [-0.25, -0.2) is 0 Å². The molecule has 2 heteroatoms. The third kappa shape index (κ3) is 2.19. The zero-order valence-electron chi connectivity index (χ0n) is 7.95. The fraction of sp³-hybridized carbons (Fsp3) is 0.400. The molecule has 0 aromatic heterocycles. The quantitative estimate of drug-likeness (QED) is 0.649. The molecule has 66 valence electrons. The highest BCUT2D eigenvalue weighted by atomic mass is 28.3. The molecule has 0 aliphatic heterocycles. The molecule has 0 saturated carbocycles. The van der Waals surface area contributed by atoms with Crippen molar-refractivity contribution in [3.8, 4) is 0 Å². The predicted octanol–water partition coefficient (Wildman–Crippen LogP) is 2.40. The van der Waals surface area contributed by atoms with E-state index >= 15 is 0 Å². The Bertz CT molecular complexity index is 221. The minimum Gasteiger partial charge on any atom is -0.381 e. The van der Waals surface area contributed by atoms with Gasteiger partial charge < -0.3 is 4.74 Å². The molecule has 0 aliphatic carbocycles. The van der Waals surface area contributed by atoms with E-state index in [0.29, 0.717) is 5.73 Å². The standard InChI is InChI=1S/C10H16OSi/c1-11-10(12(2)3)9-7-5-4-6-8-9/h4-8,10,12H,1-3H3. The van der Waals surface area contributed by atoms with Gasteiger partial charge in [-0.15, -0.1) is 0 Å². The van der Waals surface area contributed by atoms with Crippen LogP contribution in [0.2, 0.25) is 13.1 Å². The van der Waals surface area contributed by atoms with Gasteiger partial charge >= 0.3 is 0 Å². The van der Waals surface area contributed by atoms with Gasteiger partial charge in [0.15, 0.2) is 0 Å². The Kier molecular flexibility index (Phi) is 3.50. The van der Waals surface area contributed by atoms with Gasteiger partial charge in [-0.05, 0) is 5.56 Å². The van der Waals surface area contributed by atoms with Crippen molar-refractivity contribution >= 4 is 8.80 Å². The van der Waals surface area contributed by atoms with Crippen molar-refractivity contribution < 1.29 is 4.74 Å². The van der Waals surface area contributed by atoms with E-state index in [-0.39, 0.29) is 0 Å². The lowest BCUT2D eigenvalue weighted by atomic mass is 10.2. The maximum Gasteiger partial charge on any atom is 0.0713 e. The van der Waals surface area contributed by atoms with Crippen molar-refractivity contribution in [2.75, 3.05) is 7.11 Å². The molecule has 0 bridgehead atoms. The van der Waals surface area contributed by atoms with Crippen LogP contribution in [0.3, 0.4) is 0 Å². The van der Waals surface area contributed by atoms with Crippen LogP contribution < -0.4 is 0 Å². The number of methoxy groups -OCH3 is 1. The van der Waals surface area contributed by atoms with Gasteiger partial charge in [0, 0.05) is 7.11 Å². The van der Waals surface area contributed by atoms with E-state index in [2.05, 4.69) is 37.4 Å². The van der Waals surface area contributed by atoms with Gasteiger partial charge in [-0.1, -0.05) is 43.4 Å². The third-order valence-electron chi connectivity index (χ3n) is 1.99. The maximum atomic E-state index is 5.46. The van der Waals surface area contributed by atoms with Gasteiger partial charge in [0.2, 0.25) is 0 Å². The fourth-order valence-corrected chi connectivity index (χ4v) is 2.97. The van der Waals surface area contributed by atoms with Crippen molar-refractivity contribution in [2.24, 2.45) is 0 Å². The van der Waals surface area contributed by atoms with E-state index in [1.807, 2.05) is 6.07 Å². The molecule has 0 saturated heterocycles. The molecule has 1 unspecified atom stereocenters. The summed E-state index contributed by atoms with van der Waals surface area (Å²) in [6.07, 6.45) is 0. The van der Waals surface area contributed by atoms with Crippen LogP contribution in [0, 0.1) is 0 Å². The van der Waals surface area contributed by atoms with Gasteiger partial charge in [-0.3, -0.25) is 0 Å². The number of ether oxygens (including phenoxy) is 1. The summed E-state index contributed by atoms with van der Waals surface area (Å²) in [6, 6.07) is 10.5. The highest BCUT2D eigenvalue weighted by molar-refractivity contribution is 6.57. The van der Waals surface area contributed by atoms with Crippen molar-refractivity contribution in [3.05, 3.63) is 35.9 Å². The Morgan fingerprint density at radius 2 is 1.75 bits per heavy atom. The zero-order valence-corrected chi connectivity index (χ0v) is 9.10. The van der Waals surface area contributed by atoms with Crippen LogP contribution in [0.5, 0.6) is 0 Å². The molecule has 0 heterocycles. The van der Waals surface area contributed by atoms with Gasteiger partial charge in [0.1, 0.15) is 0 Å². The first-order chi connectivity index (χ1) is 5.75. The molecular weight excluding hydrogens is 164 g/mol. The summed E-state index contributed by atoms with van der Waals surface area (Å²) in [5.74, 6) is 0. The van der Waals surface area contributed by atoms with Crippen molar-refractivity contribution in [3.63, 3.8) is 0 Å². The Labute approximate surface area is 76.0 Å². The van der Waals surface area contributed by atoms with Crippen LogP contribution in [0.1, 0.15) is 11.3 Å². The van der Waals surface area contributed by atoms with Gasteiger partial charge in [0.25, 0.3) is 0 Å². The summed E-state index contributed by atoms with van der Waals surface area (Å²) in [5.41, 5.74) is 1.69. The molecule has 0 radical (unpaired) electrons. The lowest BCUT2D eigenvalue weighted by Crippen LogP contribution is -2.17. The first-order valence-corrected chi connectivity index (χ1v) is 7.31. The van der Waals surface area contributed by atoms with E-state index in [4.69, 9.17) is 4.74 Å². The summed E-state index contributed by atoms with van der Waals surface area (Å²) in [5, 5.41) is 0. The van der Waals surface area contributed by atoms with E-state index in [0.717, 1.165) is 0 Å². The summed E-state index contributed by atoms with van der Waals surface area (Å²) < 4.78 is 5.46. The summed E-state index contributed by atoms with van der Waals surface area (Å²) >= 11 is 0. The molecule has 0 N–H and O–H groups in total. The van der Waals surface area contributed by atoms with Crippen LogP contribution in [0.25, 0.3) is 0 Å². The molecule has 1 nitrogen and oxygen atoms in total. The highest BCUT2D eigenvalue weighted by Crippen LogP contribution is 2.18. The minimum atomic E-state index is -0.734. The van der Waals surface area contributed by atoms with Crippen molar-refractivity contribution in [2.45, 2.75) is 18.8 Å². The van der Waals surface area contributed by atoms with E-state index in [9.17, 15) is 0 Å². The van der Waals surface area contributed by atoms with E-state index in [1.165, 1.54) is 5.56 Å². The molecule has 12 heavy (non-hydrogen) atoms. The molecular formula is C10H16OSi. The van der Waals surface area contributed by atoms with Crippen LogP contribution in [-0.2, 0) is 4.74 Å². The highest BCUT2D eigenvalue weighted by Gasteiger charge is 2.14. The fourth-order valence-electron chi connectivity index (χ4n) is 1.44. The molecule has 0 spiro atoms. The largest absolute Gasteiger partial charge is 0.381 e. The smallest absolute Gasteiger partial charge is 0.0713 e. The lowest BCUT2D eigenvalue weighted by Gasteiger charge is -2.18. The second-order valence-corrected chi connectivity index (χ2v) is 6.40. The molecule has 0 fully saturated rings. The Hall–Kier alpha value is -0.603. The Morgan fingerprint density at radius 1 is 1.17 bits per heavy atom. The zero-order chi connectivity index (χ0) is 8.97. The Morgan fingerprint density at radius 3 is 2.17 bits per heavy atom. The Balaban J connectivity index is 2.80. The number of hydrogen-bond acceptors (Lipinski definition) is 1. The summed E-state index contributed by atoms with van der Waals surface area (Å²) in [6.45, 7) is 4.61.